The van der Waals surface area contributed by atoms with E-state index in [2.05, 4.69) is 15.6 Å². The van der Waals surface area contributed by atoms with Gasteiger partial charge in [0, 0.05) is 40.7 Å². The number of nitrogens with one attached hydrogen (secondary N) is 2. The largest absolute Gasteiger partial charge is 0.458 e. The zero-order chi connectivity index (χ0) is 20.1. The van der Waals surface area contributed by atoms with E-state index in [4.69, 9.17) is 4.42 Å². The van der Waals surface area contributed by atoms with Crippen LogP contribution in [0.3, 0.4) is 0 Å². The van der Waals surface area contributed by atoms with E-state index in [9.17, 15) is 13.8 Å². The molecule has 0 fully saturated rings. The molecule has 2 amide bonds. The normalized spacial score (nSPS) is 11.8. The number of nitrogens with zero attached hydrogens (tertiary/aromatic N) is 1. The molecule has 2 N–H and O–H groups in total. The minimum atomic E-state index is -0.972. The van der Waals surface area contributed by atoms with Crippen LogP contribution in [-0.2, 0) is 27.9 Å². The van der Waals surface area contributed by atoms with Crippen molar-refractivity contribution in [3.63, 3.8) is 0 Å². The Bertz CT molecular complexity index is 1030. The van der Waals surface area contributed by atoms with Gasteiger partial charge in [-0.15, -0.1) is 11.3 Å². The summed E-state index contributed by atoms with van der Waals surface area (Å²) >= 11 is 1.29. The monoisotopic (exact) mass is 417 g/mol. The summed E-state index contributed by atoms with van der Waals surface area (Å²) in [5.74, 6) is 1.17. The van der Waals surface area contributed by atoms with Gasteiger partial charge >= 0.3 is 0 Å². The highest BCUT2D eigenvalue weighted by Gasteiger charge is 2.13. The molecule has 146 valence electrons. The lowest BCUT2D eigenvalue weighted by Gasteiger charge is -2.04. The zero-order valence-electron chi connectivity index (χ0n) is 15.4. The Morgan fingerprint density at radius 3 is 2.82 bits per heavy atom. The van der Waals surface area contributed by atoms with Crippen molar-refractivity contribution in [3.05, 3.63) is 58.7 Å². The maximum atomic E-state index is 12.5. The molecule has 3 aromatic rings. The second-order valence-corrected chi connectivity index (χ2v) is 8.38. The van der Waals surface area contributed by atoms with E-state index in [1.807, 2.05) is 6.07 Å². The van der Waals surface area contributed by atoms with Gasteiger partial charge in [0.2, 0.25) is 5.91 Å². The standard InChI is InChI=1S/C19H19N3O4S2/c1-12(23)20-9-15-6-7-17(26-15)16-10-27-19(21-16)22-18(24)14-5-3-4-13(8-14)11-28(2)25/h3-8,10H,9,11H2,1-2H3,(H,20,23)(H,21,22,24). The minimum absolute atomic E-state index is 0.133. The third-order valence-corrected chi connectivity index (χ3v) is 5.21. The molecule has 28 heavy (non-hydrogen) atoms. The van der Waals surface area contributed by atoms with Crippen LogP contribution in [0.5, 0.6) is 0 Å². The van der Waals surface area contributed by atoms with Gasteiger partial charge in [-0.2, -0.15) is 0 Å². The number of hydrogen-bond donors (Lipinski definition) is 2. The highest BCUT2D eigenvalue weighted by molar-refractivity contribution is 7.83. The molecular formula is C19H19N3O4S2. The molecule has 0 spiro atoms. The van der Waals surface area contributed by atoms with Crippen molar-refractivity contribution < 1.29 is 18.2 Å². The maximum Gasteiger partial charge on any atom is 0.257 e. The van der Waals surface area contributed by atoms with E-state index in [-0.39, 0.29) is 11.8 Å². The van der Waals surface area contributed by atoms with Gasteiger partial charge in [0.1, 0.15) is 11.5 Å². The summed E-state index contributed by atoms with van der Waals surface area (Å²) in [6.45, 7) is 1.75. The van der Waals surface area contributed by atoms with Gasteiger partial charge in [-0.25, -0.2) is 4.98 Å². The number of carbonyl (C=O) groups excluding carboxylic acids is 2. The second-order valence-electron chi connectivity index (χ2n) is 6.09. The molecule has 9 heteroatoms. The van der Waals surface area contributed by atoms with Gasteiger partial charge in [-0.05, 0) is 29.8 Å². The molecule has 3 rings (SSSR count). The molecule has 2 heterocycles. The van der Waals surface area contributed by atoms with Crippen LogP contribution < -0.4 is 10.6 Å². The fraction of sp³-hybridized carbons (Fsp3) is 0.211. The summed E-state index contributed by atoms with van der Waals surface area (Å²) in [7, 11) is -0.972. The molecule has 2 aromatic heterocycles. The second kappa shape index (κ2) is 8.94. The fourth-order valence-electron chi connectivity index (χ4n) is 2.47. The summed E-state index contributed by atoms with van der Waals surface area (Å²) < 4.78 is 17.0. The van der Waals surface area contributed by atoms with Crippen molar-refractivity contribution in [1.29, 1.82) is 0 Å². The van der Waals surface area contributed by atoms with Crippen LogP contribution in [0.2, 0.25) is 0 Å². The molecule has 0 saturated heterocycles. The third kappa shape index (κ3) is 5.37. The Morgan fingerprint density at radius 1 is 1.25 bits per heavy atom. The molecule has 1 unspecified atom stereocenters. The van der Waals surface area contributed by atoms with E-state index < -0.39 is 10.8 Å². The van der Waals surface area contributed by atoms with Crippen LogP contribution in [0, 0.1) is 0 Å². The van der Waals surface area contributed by atoms with Crippen LogP contribution in [0.1, 0.15) is 28.6 Å². The Labute approximate surface area is 168 Å². The van der Waals surface area contributed by atoms with Gasteiger partial charge in [-0.1, -0.05) is 12.1 Å². The molecule has 0 aliphatic carbocycles. The lowest BCUT2D eigenvalue weighted by Crippen LogP contribution is -2.18. The molecule has 0 aliphatic rings. The quantitative estimate of drug-likeness (QED) is 0.615. The maximum absolute atomic E-state index is 12.5. The first-order valence-electron chi connectivity index (χ1n) is 8.40. The lowest BCUT2D eigenvalue weighted by molar-refractivity contribution is -0.119. The van der Waals surface area contributed by atoms with Crippen molar-refractivity contribution in [2.75, 3.05) is 11.6 Å². The Balaban J connectivity index is 1.67. The van der Waals surface area contributed by atoms with Gasteiger partial charge in [0.15, 0.2) is 10.9 Å². The highest BCUT2D eigenvalue weighted by Crippen LogP contribution is 2.27. The zero-order valence-corrected chi connectivity index (χ0v) is 17.0. The van der Waals surface area contributed by atoms with Crippen molar-refractivity contribution >= 4 is 39.1 Å². The molecule has 0 bridgehead atoms. The van der Waals surface area contributed by atoms with Crippen molar-refractivity contribution in [3.8, 4) is 11.5 Å². The Hall–Kier alpha value is -2.78. The predicted octanol–water partition coefficient (Wildman–Crippen LogP) is 3.17. The molecular weight excluding hydrogens is 398 g/mol. The first-order valence-corrected chi connectivity index (χ1v) is 11.0. The van der Waals surface area contributed by atoms with Crippen molar-refractivity contribution in [1.82, 2.24) is 10.3 Å². The lowest BCUT2D eigenvalue weighted by atomic mass is 10.1. The summed E-state index contributed by atoms with van der Waals surface area (Å²) in [4.78, 5) is 27.8. The van der Waals surface area contributed by atoms with Gasteiger partial charge in [-0.3, -0.25) is 19.1 Å². The summed E-state index contributed by atoms with van der Waals surface area (Å²) in [6, 6.07) is 10.6. The first-order chi connectivity index (χ1) is 13.4. The SMILES string of the molecule is CC(=O)NCc1ccc(-c2csc(NC(=O)c3cccc(CS(C)=O)c3)n2)o1. The van der Waals surface area contributed by atoms with Crippen LogP contribution in [-0.4, -0.2) is 27.3 Å². The smallest absolute Gasteiger partial charge is 0.257 e. The van der Waals surface area contributed by atoms with Crippen LogP contribution in [0.25, 0.3) is 11.5 Å². The van der Waals surface area contributed by atoms with E-state index in [1.54, 1.807) is 42.0 Å². The summed E-state index contributed by atoms with van der Waals surface area (Å²) in [6.07, 6.45) is 1.63. The van der Waals surface area contributed by atoms with E-state index in [0.717, 1.165) is 5.56 Å². The number of benzene rings is 1. The predicted molar refractivity (Wildman–Crippen MR) is 110 cm³/mol. The molecule has 0 saturated carbocycles. The third-order valence-electron chi connectivity index (χ3n) is 3.71. The number of carbonyl (C=O) groups is 2. The number of thiazole rings is 1. The summed E-state index contributed by atoms with van der Waals surface area (Å²) in [5, 5.41) is 7.67. The van der Waals surface area contributed by atoms with E-state index in [0.29, 0.717) is 40.2 Å². The van der Waals surface area contributed by atoms with Gasteiger partial charge in [0.25, 0.3) is 5.91 Å². The number of aromatic nitrogens is 1. The van der Waals surface area contributed by atoms with Crippen LogP contribution >= 0.6 is 11.3 Å². The number of amides is 2. The van der Waals surface area contributed by atoms with E-state index >= 15 is 0 Å². The average molecular weight is 418 g/mol. The average Bonchev–Trinajstić information content (AvgIpc) is 3.28. The Morgan fingerprint density at radius 2 is 2.07 bits per heavy atom. The number of hydrogen-bond acceptors (Lipinski definition) is 6. The molecule has 7 nitrogen and oxygen atoms in total. The summed E-state index contributed by atoms with van der Waals surface area (Å²) in [5.41, 5.74) is 1.93. The molecule has 0 radical (unpaired) electrons. The highest BCUT2D eigenvalue weighted by atomic mass is 32.2. The Kier molecular flexibility index (Phi) is 6.37. The first kappa shape index (κ1) is 20.0. The van der Waals surface area contributed by atoms with Crippen molar-refractivity contribution in [2.24, 2.45) is 0 Å². The van der Waals surface area contributed by atoms with Crippen LogP contribution in [0.4, 0.5) is 5.13 Å². The topological polar surface area (TPSA) is 101 Å². The number of anilines is 1. The molecule has 1 atom stereocenters. The van der Waals surface area contributed by atoms with Gasteiger partial charge < -0.3 is 9.73 Å². The molecule has 0 aliphatic heterocycles. The number of rotatable bonds is 7. The molecule has 1 aromatic carbocycles. The van der Waals surface area contributed by atoms with E-state index in [1.165, 1.54) is 18.3 Å². The van der Waals surface area contributed by atoms with Crippen molar-refractivity contribution in [2.45, 2.75) is 19.2 Å². The fourth-order valence-corrected chi connectivity index (χ4v) is 3.82. The minimum Gasteiger partial charge on any atom is -0.458 e. The number of furan rings is 1. The van der Waals surface area contributed by atoms with Crippen LogP contribution in [0.15, 0.2) is 46.2 Å². The van der Waals surface area contributed by atoms with Gasteiger partial charge in [0.05, 0.1) is 6.54 Å².